The SMILES string of the molecule is CC(NC(=O)c1ccc(C#CCO)cn1)c1ccsc1. The summed E-state index contributed by atoms with van der Waals surface area (Å²) >= 11 is 1.60. The van der Waals surface area contributed by atoms with E-state index in [1.807, 2.05) is 23.8 Å². The quantitative estimate of drug-likeness (QED) is 0.848. The van der Waals surface area contributed by atoms with E-state index >= 15 is 0 Å². The van der Waals surface area contributed by atoms with Crippen LogP contribution in [0.15, 0.2) is 35.2 Å². The van der Waals surface area contributed by atoms with Gasteiger partial charge >= 0.3 is 0 Å². The Balaban J connectivity index is 2.02. The van der Waals surface area contributed by atoms with Crippen molar-refractivity contribution in [2.24, 2.45) is 0 Å². The van der Waals surface area contributed by atoms with Gasteiger partial charge in [0, 0.05) is 11.8 Å². The summed E-state index contributed by atoms with van der Waals surface area (Å²) in [5.74, 6) is 5.04. The van der Waals surface area contributed by atoms with Crippen LogP contribution >= 0.6 is 11.3 Å². The zero-order valence-corrected chi connectivity index (χ0v) is 11.8. The zero-order valence-electron chi connectivity index (χ0n) is 11.0. The number of carbonyl (C=O) groups excluding carboxylic acids is 1. The summed E-state index contributed by atoms with van der Waals surface area (Å²) in [6, 6.07) is 5.26. The van der Waals surface area contributed by atoms with Crippen LogP contribution in [0.25, 0.3) is 0 Å². The standard InChI is InChI=1S/C15H14N2O2S/c1-11(13-6-8-20-10-13)17-15(19)14-5-4-12(9-16-14)3-2-7-18/h4-6,8-11,18H,7H2,1H3,(H,17,19). The first-order valence-corrected chi connectivity index (χ1v) is 7.03. The molecule has 5 heteroatoms. The summed E-state index contributed by atoms with van der Waals surface area (Å²) in [7, 11) is 0. The van der Waals surface area contributed by atoms with Gasteiger partial charge in [0.15, 0.2) is 0 Å². The fraction of sp³-hybridized carbons (Fsp3) is 0.200. The zero-order chi connectivity index (χ0) is 14.4. The van der Waals surface area contributed by atoms with Gasteiger partial charge in [-0.1, -0.05) is 11.8 Å². The summed E-state index contributed by atoms with van der Waals surface area (Å²) < 4.78 is 0. The Morgan fingerprint density at radius 3 is 2.95 bits per heavy atom. The summed E-state index contributed by atoms with van der Waals surface area (Å²) in [6.45, 7) is 1.74. The molecule has 0 aliphatic carbocycles. The molecule has 0 spiro atoms. The lowest BCUT2D eigenvalue weighted by molar-refractivity contribution is 0.0935. The lowest BCUT2D eigenvalue weighted by atomic mass is 10.2. The van der Waals surface area contributed by atoms with Gasteiger partial charge in [-0.05, 0) is 41.4 Å². The van der Waals surface area contributed by atoms with Crippen LogP contribution in [-0.2, 0) is 0 Å². The monoisotopic (exact) mass is 286 g/mol. The number of nitrogens with zero attached hydrogens (tertiary/aromatic N) is 1. The van der Waals surface area contributed by atoms with E-state index in [1.165, 1.54) is 6.20 Å². The largest absolute Gasteiger partial charge is 0.384 e. The third-order valence-electron chi connectivity index (χ3n) is 2.70. The topological polar surface area (TPSA) is 62.2 Å². The minimum atomic E-state index is -0.217. The molecular formula is C15H14N2O2S. The summed E-state index contributed by atoms with van der Waals surface area (Å²) in [5.41, 5.74) is 2.09. The first-order valence-electron chi connectivity index (χ1n) is 6.09. The van der Waals surface area contributed by atoms with E-state index in [4.69, 9.17) is 5.11 Å². The van der Waals surface area contributed by atoms with Crippen LogP contribution in [0.3, 0.4) is 0 Å². The Kier molecular flexibility index (Phi) is 4.88. The summed E-state index contributed by atoms with van der Waals surface area (Å²) in [4.78, 5) is 16.1. The molecule has 0 aromatic carbocycles. The van der Waals surface area contributed by atoms with E-state index in [9.17, 15) is 4.79 Å². The minimum absolute atomic E-state index is 0.0515. The number of aromatic nitrogens is 1. The van der Waals surface area contributed by atoms with Crippen LogP contribution in [0.5, 0.6) is 0 Å². The highest BCUT2D eigenvalue weighted by atomic mass is 32.1. The maximum atomic E-state index is 12.0. The summed E-state index contributed by atoms with van der Waals surface area (Å²) in [5, 5.41) is 15.5. The molecule has 1 unspecified atom stereocenters. The first-order chi connectivity index (χ1) is 9.70. The minimum Gasteiger partial charge on any atom is -0.384 e. The highest BCUT2D eigenvalue weighted by molar-refractivity contribution is 7.07. The number of rotatable bonds is 3. The average molecular weight is 286 g/mol. The number of pyridine rings is 1. The number of amides is 1. The number of thiophene rings is 1. The Bertz CT molecular complexity index is 624. The van der Waals surface area contributed by atoms with Crippen LogP contribution in [0.1, 0.15) is 34.6 Å². The second kappa shape index (κ2) is 6.85. The number of aliphatic hydroxyl groups excluding tert-OH is 1. The van der Waals surface area contributed by atoms with Gasteiger partial charge in [0.05, 0.1) is 6.04 Å². The molecule has 0 fully saturated rings. The molecule has 1 atom stereocenters. The fourth-order valence-electron chi connectivity index (χ4n) is 1.62. The van der Waals surface area contributed by atoms with Gasteiger partial charge in [-0.3, -0.25) is 4.79 Å². The molecule has 2 heterocycles. The van der Waals surface area contributed by atoms with Gasteiger partial charge in [0.1, 0.15) is 12.3 Å². The normalized spacial score (nSPS) is 11.3. The molecule has 1 amide bonds. The highest BCUT2D eigenvalue weighted by Crippen LogP contribution is 2.15. The van der Waals surface area contributed by atoms with E-state index in [0.717, 1.165) is 5.56 Å². The molecule has 20 heavy (non-hydrogen) atoms. The third-order valence-corrected chi connectivity index (χ3v) is 3.40. The molecule has 0 bridgehead atoms. The third kappa shape index (κ3) is 3.67. The lowest BCUT2D eigenvalue weighted by Gasteiger charge is -2.11. The Morgan fingerprint density at radius 1 is 1.50 bits per heavy atom. The van der Waals surface area contributed by atoms with Crippen LogP contribution < -0.4 is 5.32 Å². The Hall–Kier alpha value is -2.16. The Labute approximate surface area is 121 Å². The van der Waals surface area contributed by atoms with Crippen LogP contribution in [0.2, 0.25) is 0 Å². The molecule has 4 nitrogen and oxygen atoms in total. The number of hydrogen-bond acceptors (Lipinski definition) is 4. The fourth-order valence-corrected chi connectivity index (χ4v) is 2.37. The predicted octanol–water partition coefficient (Wildman–Crippen LogP) is 1.98. The smallest absolute Gasteiger partial charge is 0.270 e. The average Bonchev–Trinajstić information content (AvgIpc) is 3.00. The first kappa shape index (κ1) is 14.3. The van der Waals surface area contributed by atoms with Gasteiger partial charge in [-0.2, -0.15) is 11.3 Å². The molecule has 0 saturated carbocycles. The molecule has 2 N–H and O–H groups in total. The van der Waals surface area contributed by atoms with Crippen molar-refractivity contribution in [3.05, 3.63) is 52.0 Å². The molecule has 0 saturated heterocycles. The lowest BCUT2D eigenvalue weighted by Crippen LogP contribution is -2.27. The second-order valence-corrected chi connectivity index (χ2v) is 4.92. The number of nitrogens with one attached hydrogen (secondary N) is 1. The molecule has 0 aliphatic heterocycles. The van der Waals surface area contributed by atoms with Crippen LogP contribution in [0.4, 0.5) is 0 Å². The maximum absolute atomic E-state index is 12.0. The van der Waals surface area contributed by atoms with E-state index in [2.05, 4.69) is 22.1 Å². The van der Waals surface area contributed by atoms with Gasteiger partial charge < -0.3 is 10.4 Å². The van der Waals surface area contributed by atoms with E-state index in [1.54, 1.807) is 23.5 Å². The van der Waals surface area contributed by atoms with Crippen molar-refractivity contribution < 1.29 is 9.90 Å². The molecular weight excluding hydrogens is 272 g/mol. The van der Waals surface area contributed by atoms with Crippen molar-refractivity contribution in [1.29, 1.82) is 0 Å². The van der Waals surface area contributed by atoms with Crippen molar-refractivity contribution in [2.75, 3.05) is 6.61 Å². The van der Waals surface area contributed by atoms with Crippen molar-refractivity contribution in [1.82, 2.24) is 10.3 Å². The van der Waals surface area contributed by atoms with E-state index in [-0.39, 0.29) is 18.6 Å². The van der Waals surface area contributed by atoms with Gasteiger partial charge in [0.2, 0.25) is 0 Å². The Morgan fingerprint density at radius 2 is 2.35 bits per heavy atom. The van der Waals surface area contributed by atoms with Crippen molar-refractivity contribution >= 4 is 17.2 Å². The number of aliphatic hydroxyl groups is 1. The van der Waals surface area contributed by atoms with Crippen molar-refractivity contribution in [2.45, 2.75) is 13.0 Å². The summed E-state index contributed by atoms with van der Waals surface area (Å²) in [6.07, 6.45) is 1.52. The van der Waals surface area contributed by atoms with Crippen LogP contribution in [-0.4, -0.2) is 22.6 Å². The predicted molar refractivity (Wildman–Crippen MR) is 78.4 cm³/mol. The van der Waals surface area contributed by atoms with E-state index < -0.39 is 0 Å². The van der Waals surface area contributed by atoms with Crippen molar-refractivity contribution in [3.8, 4) is 11.8 Å². The van der Waals surface area contributed by atoms with Crippen molar-refractivity contribution in [3.63, 3.8) is 0 Å². The van der Waals surface area contributed by atoms with Gasteiger partial charge in [-0.15, -0.1) is 0 Å². The highest BCUT2D eigenvalue weighted by Gasteiger charge is 2.12. The molecule has 0 aliphatic rings. The van der Waals surface area contributed by atoms with E-state index in [0.29, 0.717) is 11.3 Å². The van der Waals surface area contributed by atoms with Crippen LogP contribution in [0, 0.1) is 11.8 Å². The van der Waals surface area contributed by atoms with Gasteiger partial charge in [0.25, 0.3) is 5.91 Å². The molecule has 2 rings (SSSR count). The van der Waals surface area contributed by atoms with Gasteiger partial charge in [-0.25, -0.2) is 4.98 Å². The molecule has 2 aromatic rings. The second-order valence-electron chi connectivity index (χ2n) is 4.14. The molecule has 0 radical (unpaired) electrons. The maximum Gasteiger partial charge on any atom is 0.270 e. The number of hydrogen-bond donors (Lipinski definition) is 2. The number of carbonyl (C=O) groups is 1. The molecule has 2 aromatic heterocycles. The molecule has 102 valence electrons.